The van der Waals surface area contributed by atoms with Crippen LogP contribution in [-0.4, -0.2) is 27.7 Å². The first-order valence-corrected chi connectivity index (χ1v) is 7.66. The third kappa shape index (κ3) is 2.96. The van der Waals surface area contributed by atoms with Crippen LogP contribution in [0.15, 0.2) is 24.5 Å². The van der Waals surface area contributed by atoms with Gasteiger partial charge < -0.3 is 13.7 Å². The van der Waals surface area contributed by atoms with Crippen molar-refractivity contribution in [3.63, 3.8) is 0 Å². The molecule has 0 radical (unpaired) electrons. The van der Waals surface area contributed by atoms with E-state index in [1.807, 2.05) is 64.3 Å². The minimum atomic E-state index is -0.365. The van der Waals surface area contributed by atoms with Crippen molar-refractivity contribution in [1.82, 2.24) is 9.38 Å². The zero-order valence-electron chi connectivity index (χ0n) is 13.5. The molecule has 0 N–H and O–H groups in total. The first-order valence-electron chi connectivity index (χ1n) is 7.28. The molecule has 3 heterocycles. The summed E-state index contributed by atoms with van der Waals surface area (Å²) in [6.45, 7) is 12.2. The lowest BCUT2D eigenvalue weighted by molar-refractivity contribution is 0.00578. The number of rotatable bonds is 1. The van der Waals surface area contributed by atoms with Gasteiger partial charge in [0.2, 0.25) is 0 Å². The molecule has 0 atom stereocenters. The second kappa shape index (κ2) is 5.63. The molecule has 2 aromatic heterocycles. The van der Waals surface area contributed by atoms with Crippen molar-refractivity contribution in [2.75, 3.05) is 0 Å². The predicted octanol–water partition coefficient (Wildman–Crippen LogP) is 3.31. The van der Waals surface area contributed by atoms with E-state index in [2.05, 4.69) is 4.98 Å². The fourth-order valence-corrected chi connectivity index (χ4v) is 2.29. The highest BCUT2D eigenvalue weighted by Crippen LogP contribution is 2.36. The van der Waals surface area contributed by atoms with E-state index in [-0.39, 0.29) is 18.3 Å². The van der Waals surface area contributed by atoms with Crippen LogP contribution in [0.1, 0.15) is 41.5 Å². The Balaban J connectivity index is 0.000000774. The van der Waals surface area contributed by atoms with Crippen LogP contribution in [-0.2, 0) is 9.31 Å². The molecule has 0 unspecified atom stereocenters. The van der Waals surface area contributed by atoms with Crippen LogP contribution in [0.3, 0.4) is 0 Å². The quantitative estimate of drug-likeness (QED) is 0.758. The Hall–Kier alpha value is -1.04. The molecule has 1 aliphatic heterocycles. The van der Waals surface area contributed by atoms with Crippen LogP contribution in [0, 0.1) is 0 Å². The first kappa shape index (κ1) is 16.3. The van der Waals surface area contributed by atoms with E-state index in [1.54, 1.807) is 6.20 Å². The van der Waals surface area contributed by atoms with Crippen LogP contribution in [0.25, 0.3) is 5.65 Å². The van der Waals surface area contributed by atoms with Gasteiger partial charge in [-0.15, -0.1) is 0 Å². The number of nitrogens with zero attached hydrogens (tertiary/aromatic N) is 2. The molecule has 1 aliphatic rings. The summed E-state index contributed by atoms with van der Waals surface area (Å²) < 4.78 is 13.9. The Bertz CT molecular complexity index is 624. The molecular formula is C15H22BClN2O2. The summed E-state index contributed by atoms with van der Waals surface area (Å²) in [5.74, 6) is 0. The number of hydrogen-bond donors (Lipinski definition) is 0. The Kier molecular flexibility index (Phi) is 4.38. The molecule has 0 saturated carbocycles. The number of aromatic nitrogens is 2. The second-order valence-corrected chi connectivity index (χ2v) is 6.27. The molecule has 0 spiro atoms. The smallest absolute Gasteiger partial charge is 0.399 e. The summed E-state index contributed by atoms with van der Waals surface area (Å²) in [6.07, 6.45) is 3.71. The monoisotopic (exact) mass is 308 g/mol. The van der Waals surface area contributed by atoms with Gasteiger partial charge in [-0.25, -0.2) is 4.98 Å². The zero-order valence-corrected chi connectivity index (χ0v) is 14.2. The Labute approximate surface area is 131 Å². The maximum Gasteiger partial charge on any atom is 0.496 e. The van der Waals surface area contributed by atoms with Gasteiger partial charge in [-0.3, -0.25) is 0 Å². The minimum absolute atomic E-state index is 0.334. The van der Waals surface area contributed by atoms with Crippen LogP contribution in [0.5, 0.6) is 0 Å². The molecule has 1 fully saturated rings. The number of halogens is 1. The number of hydrogen-bond acceptors (Lipinski definition) is 3. The maximum atomic E-state index is 6.02. The lowest BCUT2D eigenvalue weighted by Gasteiger charge is -2.32. The average Bonchev–Trinajstić information content (AvgIpc) is 2.87. The van der Waals surface area contributed by atoms with Gasteiger partial charge >= 0.3 is 7.12 Å². The Morgan fingerprint density at radius 2 is 1.62 bits per heavy atom. The summed E-state index contributed by atoms with van der Waals surface area (Å²) >= 11 is 5.89. The van der Waals surface area contributed by atoms with Gasteiger partial charge in [0.05, 0.1) is 11.2 Å². The summed E-state index contributed by atoms with van der Waals surface area (Å²) in [7, 11) is -0.365. The van der Waals surface area contributed by atoms with Crippen LogP contribution in [0.2, 0.25) is 5.15 Å². The van der Waals surface area contributed by atoms with Crippen molar-refractivity contribution in [2.45, 2.75) is 52.7 Å². The van der Waals surface area contributed by atoms with Gasteiger partial charge in [0, 0.05) is 12.4 Å². The Morgan fingerprint density at radius 3 is 2.19 bits per heavy atom. The van der Waals surface area contributed by atoms with Gasteiger partial charge in [0.15, 0.2) is 0 Å². The fraction of sp³-hybridized carbons (Fsp3) is 0.533. The molecule has 2 aromatic rings. The Morgan fingerprint density at radius 1 is 1.05 bits per heavy atom. The second-order valence-electron chi connectivity index (χ2n) is 5.88. The van der Waals surface area contributed by atoms with Crippen molar-refractivity contribution in [2.24, 2.45) is 0 Å². The molecule has 1 saturated heterocycles. The van der Waals surface area contributed by atoms with Crippen molar-refractivity contribution in [3.8, 4) is 0 Å². The summed E-state index contributed by atoms with van der Waals surface area (Å²) in [5.41, 5.74) is 1.10. The number of imidazole rings is 1. The van der Waals surface area contributed by atoms with E-state index in [0.29, 0.717) is 5.15 Å². The van der Waals surface area contributed by atoms with Crippen LogP contribution >= 0.6 is 11.6 Å². The minimum Gasteiger partial charge on any atom is -0.399 e. The topological polar surface area (TPSA) is 35.8 Å². The lowest BCUT2D eigenvalue weighted by Crippen LogP contribution is -2.41. The molecule has 3 rings (SSSR count). The largest absolute Gasteiger partial charge is 0.496 e. The molecule has 0 amide bonds. The zero-order chi connectivity index (χ0) is 15.8. The van der Waals surface area contributed by atoms with Crippen LogP contribution < -0.4 is 5.46 Å². The number of fused-ring (bicyclic) bond motifs is 1. The van der Waals surface area contributed by atoms with Gasteiger partial charge in [-0.1, -0.05) is 31.5 Å². The normalized spacial score (nSPS) is 19.5. The van der Waals surface area contributed by atoms with Crippen molar-refractivity contribution >= 4 is 29.8 Å². The third-order valence-corrected chi connectivity index (χ3v) is 4.15. The van der Waals surface area contributed by atoms with Crippen molar-refractivity contribution in [3.05, 3.63) is 29.7 Å². The highest BCUT2D eigenvalue weighted by molar-refractivity contribution is 6.62. The van der Waals surface area contributed by atoms with Gasteiger partial charge in [0.25, 0.3) is 0 Å². The highest BCUT2D eigenvalue weighted by Gasteiger charge is 2.51. The first-order chi connectivity index (χ1) is 9.78. The molecule has 0 bridgehead atoms. The molecule has 114 valence electrons. The highest BCUT2D eigenvalue weighted by atomic mass is 35.5. The molecule has 6 heteroatoms. The predicted molar refractivity (Wildman–Crippen MR) is 87.3 cm³/mol. The van der Waals surface area contributed by atoms with E-state index in [1.165, 1.54) is 0 Å². The summed E-state index contributed by atoms with van der Waals surface area (Å²) in [6, 6.07) is 3.87. The van der Waals surface area contributed by atoms with Crippen LogP contribution in [0.4, 0.5) is 0 Å². The average molecular weight is 309 g/mol. The summed E-state index contributed by atoms with van der Waals surface area (Å²) in [5, 5.41) is 0.478. The van der Waals surface area contributed by atoms with Gasteiger partial charge in [-0.05, 0) is 39.2 Å². The lowest BCUT2D eigenvalue weighted by atomic mass is 9.80. The van der Waals surface area contributed by atoms with E-state index in [4.69, 9.17) is 20.9 Å². The SMILES string of the molecule is CC.CC1(C)OB(c2ccc3nc(Cl)cn3c2)OC1(C)C. The van der Waals surface area contributed by atoms with E-state index >= 15 is 0 Å². The molecule has 0 aliphatic carbocycles. The van der Waals surface area contributed by atoms with E-state index in [9.17, 15) is 0 Å². The molecular weight excluding hydrogens is 286 g/mol. The maximum absolute atomic E-state index is 6.02. The number of pyridine rings is 1. The molecule has 0 aromatic carbocycles. The molecule has 21 heavy (non-hydrogen) atoms. The molecule has 4 nitrogen and oxygen atoms in total. The van der Waals surface area contributed by atoms with Gasteiger partial charge in [0.1, 0.15) is 10.8 Å². The van der Waals surface area contributed by atoms with Crippen molar-refractivity contribution < 1.29 is 9.31 Å². The van der Waals surface area contributed by atoms with Crippen molar-refractivity contribution in [1.29, 1.82) is 0 Å². The standard InChI is InChI=1S/C13H16BClN2O2.C2H6/c1-12(2)13(3,4)19-14(18-12)9-5-6-11-16-10(15)8-17(11)7-9;1-2/h5-8H,1-4H3;1-2H3. The fourth-order valence-electron chi connectivity index (χ4n) is 2.10. The third-order valence-electron chi connectivity index (χ3n) is 3.97. The van der Waals surface area contributed by atoms with E-state index < -0.39 is 0 Å². The van der Waals surface area contributed by atoms with Gasteiger partial charge in [-0.2, -0.15) is 0 Å². The van der Waals surface area contributed by atoms with E-state index in [0.717, 1.165) is 11.1 Å². The summed E-state index contributed by atoms with van der Waals surface area (Å²) in [4.78, 5) is 4.18.